The Morgan fingerprint density at radius 3 is 3.11 bits per heavy atom. The van der Waals surface area contributed by atoms with Crippen LogP contribution < -0.4 is 0 Å². The molecule has 0 atom stereocenters. The molecule has 4 nitrogen and oxygen atoms in total. The molecule has 0 saturated heterocycles. The lowest BCUT2D eigenvalue weighted by atomic mass is 11.3. The molecule has 0 aliphatic carbocycles. The molecule has 48 valence electrons. The summed E-state index contributed by atoms with van der Waals surface area (Å²) in [7, 11) is 0. The first-order valence-corrected chi connectivity index (χ1v) is 2.48. The fraction of sp³-hybridized carbons (Fsp3) is 0.200. The smallest absolute Gasteiger partial charge is 0.309 e. The number of aliphatic carboxylic acids is 1. The Morgan fingerprint density at radius 2 is 2.67 bits per heavy atom. The van der Waals surface area contributed by atoms with Crippen LogP contribution in [0.3, 0.4) is 0 Å². The lowest BCUT2D eigenvalue weighted by molar-refractivity contribution is -0.136. The maximum Gasteiger partial charge on any atom is 0.309 e. The van der Waals surface area contributed by atoms with Crippen LogP contribution in [-0.2, 0) is 11.2 Å². The zero-order valence-corrected chi connectivity index (χ0v) is 4.66. The zero-order chi connectivity index (χ0) is 6.69. The van der Waals surface area contributed by atoms with Crippen molar-refractivity contribution in [3.8, 4) is 0 Å². The van der Waals surface area contributed by atoms with Gasteiger partial charge in [-0.05, 0) is 0 Å². The van der Waals surface area contributed by atoms with Gasteiger partial charge in [0.1, 0.15) is 0 Å². The Bertz CT molecular complexity index is 193. The summed E-state index contributed by atoms with van der Waals surface area (Å²) in [6, 6.07) is 0. The summed E-state index contributed by atoms with van der Waals surface area (Å²) in [5, 5.41) is 8.24. The summed E-state index contributed by atoms with van der Waals surface area (Å²) in [5.74, 6) is -0.848. The summed E-state index contributed by atoms with van der Waals surface area (Å²) >= 11 is 0. The van der Waals surface area contributed by atoms with Gasteiger partial charge in [-0.1, -0.05) is 0 Å². The minimum atomic E-state index is -0.848. The van der Waals surface area contributed by atoms with Gasteiger partial charge in [-0.2, -0.15) is 0 Å². The Hall–Kier alpha value is -1.32. The van der Waals surface area contributed by atoms with E-state index in [1.54, 1.807) is 0 Å². The van der Waals surface area contributed by atoms with Crippen LogP contribution in [0.25, 0.3) is 0 Å². The number of carboxylic acids is 1. The van der Waals surface area contributed by atoms with Gasteiger partial charge in [0.15, 0.2) is 0 Å². The molecule has 0 fully saturated rings. The zero-order valence-electron chi connectivity index (χ0n) is 4.66. The predicted molar refractivity (Wildman–Crippen MR) is 29.9 cm³/mol. The summed E-state index contributed by atoms with van der Waals surface area (Å²) in [5.41, 5.74) is 0.627. The highest BCUT2D eigenvalue weighted by Gasteiger charge is 1.98. The number of carbonyl (C=O) groups is 1. The fourth-order valence-corrected chi connectivity index (χ4v) is 0.544. The molecular weight excluding hydrogens is 125 g/mol. The van der Waals surface area contributed by atoms with Gasteiger partial charge in [-0.25, -0.2) is 4.98 Å². The van der Waals surface area contributed by atoms with E-state index < -0.39 is 5.97 Å². The number of nitrogens with one attached hydrogen (secondary N) is 1. The Labute approximate surface area is 51.5 Å². The molecule has 0 aromatic carbocycles. The van der Waals surface area contributed by atoms with Gasteiger partial charge >= 0.3 is 5.97 Å². The second kappa shape index (κ2) is 2.30. The third-order valence-corrected chi connectivity index (χ3v) is 0.897. The molecule has 4 heteroatoms. The molecule has 0 amide bonds. The van der Waals surface area contributed by atoms with E-state index in [9.17, 15) is 4.79 Å². The van der Waals surface area contributed by atoms with Crippen molar-refractivity contribution in [3.63, 3.8) is 0 Å². The topological polar surface area (TPSA) is 66.0 Å². The van der Waals surface area contributed by atoms with E-state index in [0.717, 1.165) is 0 Å². The molecule has 1 aromatic heterocycles. The van der Waals surface area contributed by atoms with Crippen molar-refractivity contribution in [3.05, 3.63) is 18.2 Å². The SMILES string of the molecule is O=[13C](O)[13CH2][13c]1[13cH]n[13cH][nH]1. The summed E-state index contributed by atoms with van der Waals surface area (Å²) in [6.45, 7) is 0. The normalized spacial score (nSPS) is 9.33. The molecule has 1 rings (SSSR count). The van der Waals surface area contributed by atoms with Crippen molar-refractivity contribution < 1.29 is 9.90 Å². The predicted octanol–water partition coefficient (Wildman–Crippen LogP) is 0.0368. The number of hydrogen-bond acceptors (Lipinski definition) is 2. The number of H-pyrrole nitrogens is 1. The van der Waals surface area contributed by atoms with Gasteiger partial charge in [0.2, 0.25) is 0 Å². The second-order valence-electron chi connectivity index (χ2n) is 1.65. The molecule has 9 heavy (non-hydrogen) atoms. The number of imidazole rings is 1. The maximum absolute atomic E-state index is 10.0. The van der Waals surface area contributed by atoms with E-state index in [0.29, 0.717) is 5.69 Å². The van der Waals surface area contributed by atoms with E-state index in [4.69, 9.17) is 5.11 Å². The first kappa shape index (κ1) is 5.81. The Morgan fingerprint density at radius 1 is 1.89 bits per heavy atom. The van der Waals surface area contributed by atoms with Crippen molar-refractivity contribution in [2.75, 3.05) is 0 Å². The van der Waals surface area contributed by atoms with Crippen molar-refractivity contribution in [1.82, 2.24) is 9.97 Å². The van der Waals surface area contributed by atoms with Crippen molar-refractivity contribution >= 4 is 5.97 Å². The van der Waals surface area contributed by atoms with Crippen molar-refractivity contribution in [2.45, 2.75) is 6.42 Å². The summed E-state index contributed by atoms with van der Waals surface area (Å²) in [6.07, 6.45) is 2.96. The molecule has 0 spiro atoms. The molecule has 0 unspecified atom stereocenters. The number of rotatable bonds is 2. The van der Waals surface area contributed by atoms with Crippen LogP contribution in [0, 0.1) is 0 Å². The number of hydrogen-bond donors (Lipinski definition) is 2. The maximum atomic E-state index is 10.0. The van der Waals surface area contributed by atoms with Gasteiger partial charge in [0.05, 0.1) is 12.7 Å². The summed E-state index contributed by atoms with van der Waals surface area (Å²) in [4.78, 5) is 16.4. The van der Waals surface area contributed by atoms with Gasteiger partial charge in [-0.3, -0.25) is 4.79 Å². The van der Waals surface area contributed by atoms with E-state index in [1.807, 2.05) is 0 Å². The Balaban J connectivity index is 2.58. The Kier molecular flexibility index (Phi) is 1.48. The largest absolute Gasteiger partial charge is 0.481 e. The third kappa shape index (κ3) is 1.56. The average Bonchev–Trinajstić information content (AvgIpc) is 2.15. The minimum absolute atomic E-state index is 0.0139. The molecule has 0 aliphatic heterocycles. The van der Waals surface area contributed by atoms with Crippen LogP contribution in [0.1, 0.15) is 5.69 Å². The molecule has 0 radical (unpaired) electrons. The van der Waals surface area contributed by atoms with E-state index in [-0.39, 0.29) is 6.42 Å². The standard InChI is InChI=1S/C5H6N2O2/c8-5(9)1-4-2-6-3-7-4/h2-3H,1H2,(H,6,7)(H,8,9)/i1+1,2+1,3+1,4+1,5+1. The lowest BCUT2D eigenvalue weighted by Gasteiger charge is -1.85. The minimum Gasteiger partial charge on any atom is -0.481 e. The average molecular weight is 131 g/mol. The van der Waals surface area contributed by atoms with Crippen molar-refractivity contribution in [2.24, 2.45) is 0 Å². The number of carboxylic acid groups (broad SMARTS) is 1. The van der Waals surface area contributed by atoms with E-state index in [1.165, 1.54) is 12.5 Å². The molecular formula is C5H6N2O2. The van der Waals surface area contributed by atoms with Crippen LogP contribution in [0.15, 0.2) is 12.5 Å². The lowest BCUT2D eigenvalue weighted by Crippen LogP contribution is -1.99. The van der Waals surface area contributed by atoms with E-state index in [2.05, 4.69) is 9.97 Å². The first-order valence-electron chi connectivity index (χ1n) is 2.48. The highest BCUT2D eigenvalue weighted by molar-refractivity contribution is 5.69. The molecule has 2 N–H and O–H groups in total. The van der Waals surface area contributed by atoms with Gasteiger partial charge in [-0.15, -0.1) is 0 Å². The third-order valence-electron chi connectivity index (χ3n) is 0.897. The molecule has 0 saturated carbocycles. The number of aromatic amines is 1. The molecule has 1 heterocycles. The quantitative estimate of drug-likeness (QED) is 0.556. The van der Waals surface area contributed by atoms with Gasteiger partial charge < -0.3 is 10.1 Å². The molecule has 0 bridgehead atoms. The van der Waals surface area contributed by atoms with Gasteiger partial charge in [0.25, 0.3) is 0 Å². The second-order valence-corrected chi connectivity index (χ2v) is 1.65. The first-order chi connectivity index (χ1) is 4.29. The van der Waals surface area contributed by atoms with Crippen molar-refractivity contribution in [1.29, 1.82) is 0 Å². The molecule has 0 aliphatic rings. The number of aromatic nitrogens is 2. The van der Waals surface area contributed by atoms with E-state index >= 15 is 0 Å². The van der Waals surface area contributed by atoms with Crippen LogP contribution in [-0.4, -0.2) is 21.0 Å². The monoisotopic (exact) mass is 131 g/mol. The van der Waals surface area contributed by atoms with Crippen LogP contribution in [0.4, 0.5) is 0 Å². The van der Waals surface area contributed by atoms with Crippen LogP contribution in [0.5, 0.6) is 0 Å². The summed E-state index contributed by atoms with van der Waals surface area (Å²) < 4.78 is 0. The van der Waals surface area contributed by atoms with Crippen LogP contribution in [0.2, 0.25) is 0 Å². The molecule has 1 aromatic rings. The fourth-order valence-electron chi connectivity index (χ4n) is 0.544. The number of nitrogens with zero attached hydrogens (tertiary/aromatic N) is 1. The van der Waals surface area contributed by atoms with Crippen LogP contribution >= 0.6 is 0 Å². The highest BCUT2D eigenvalue weighted by atomic mass is 16.5. The highest BCUT2D eigenvalue weighted by Crippen LogP contribution is 1.90. The van der Waals surface area contributed by atoms with Gasteiger partial charge in [0, 0.05) is 11.9 Å².